The van der Waals surface area contributed by atoms with Gasteiger partial charge in [-0.2, -0.15) is 5.10 Å². The summed E-state index contributed by atoms with van der Waals surface area (Å²) in [6.45, 7) is 2.95. The highest BCUT2D eigenvalue weighted by atomic mass is 32.2. The number of anilines is 1. The molecule has 11 heteroatoms. The molecule has 0 aliphatic carbocycles. The van der Waals surface area contributed by atoms with Crippen LogP contribution >= 0.6 is 0 Å². The Balaban J connectivity index is 1.37. The number of carbonyl (C=O) groups is 2. The first-order valence-electron chi connectivity index (χ1n) is 13.3. The van der Waals surface area contributed by atoms with Gasteiger partial charge in [0.05, 0.1) is 23.9 Å². The second-order valence-electron chi connectivity index (χ2n) is 9.62. The first-order valence-corrected chi connectivity index (χ1v) is 14.8. The first kappa shape index (κ1) is 29.6. The minimum absolute atomic E-state index is 0.0135. The largest absolute Gasteiger partial charge is 0.497 e. The Morgan fingerprint density at radius 3 is 2.20 bits per heavy atom. The van der Waals surface area contributed by atoms with E-state index in [-0.39, 0.29) is 17.4 Å². The van der Waals surface area contributed by atoms with Crippen molar-refractivity contribution in [1.82, 2.24) is 10.3 Å². The highest BCUT2D eigenvalue weighted by Gasteiger charge is 2.27. The molecule has 1 fully saturated rings. The van der Waals surface area contributed by atoms with E-state index in [0.29, 0.717) is 22.7 Å². The molecule has 0 bridgehead atoms. The van der Waals surface area contributed by atoms with Crippen LogP contribution in [0.2, 0.25) is 0 Å². The van der Waals surface area contributed by atoms with Crippen molar-refractivity contribution < 1.29 is 27.5 Å². The average Bonchev–Trinajstić information content (AvgIpc) is 3.00. The number of hydrogen-bond donors (Lipinski definition) is 1. The lowest BCUT2D eigenvalue weighted by atomic mass is 10.1. The lowest BCUT2D eigenvalue weighted by molar-refractivity contribution is -0.134. The maximum absolute atomic E-state index is 13.5. The molecule has 1 aliphatic rings. The maximum Gasteiger partial charge on any atom is 0.264 e. The molecule has 1 heterocycles. The summed E-state index contributed by atoms with van der Waals surface area (Å²) in [4.78, 5) is 26.9. The van der Waals surface area contributed by atoms with Crippen LogP contribution in [0, 0.1) is 6.92 Å². The molecular weight excluding hydrogens is 544 g/mol. The maximum atomic E-state index is 13.5. The molecule has 216 valence electrons. The number of aryl methyl sites for hydroxylation is 1. The monoisotopic (exact) mass is 578 g/mol. The molecule has 2 amide bonds. The molecule has 1 saturated heterocycles. The quantitative estimate of drug-likeness (QED) is 0.274. The second kappa shape index (κ2) is 13.8. The lowest BCUT2D eigenvalue weighted by Crippen LogP contribution is -2.39. The molecule has 0 spiro atoms. The fourth-order valence-electron chi connectivity index (χ4n) is 4.28. The number of sulfonamides is 1. The van der Waals surface area contributed by atoms with Crippen LogP contribution in [-0.2, 0) is 19.6 Å². The zero-order valence-corrected chi connectivity index (χ0v) is 24.0. The third-order valence-electron chi connectivity index (χ3n) is 6.61. The fraction of sp³-hybridized carbons (Fsp3) is 0.300. The van der Waals surface area contributed by atoms with E-state index in [1.165, 1.54) is 25.5 Å². The molecule has 4 rings (SSSR count). The van der Waals surface area contributed by atoms with Crippen molar-refractivity contribution in [3.05, 3.63) is 83.9 Å². The Morgan fingerprint density at radius 1 is 0.927 bits per heavy atom. The average molecular weight is 579 g/mol. The summed E-state index contributed by atoms with van der Waals surface area (Å²) in [6.07, 6.45) is 4.65. The van der Waals surface area contributed by atoms with Gasteiger partial charge in [0.2, 0.25) is 0 Å². The van der Waals surface area contributed by atoms with Crippen molar-refractivity contribution in [2.24, 2.45) is 5.10 Å². The number of rotatable bonds is 11. The number of piperidine rings is 1. The van der Waals surface area contributed by atoms with Crippen molar-refractivity contribution in [1.29, 1.82) is 0 Å². The van der Waals surface area contributed by atoms with E-state index in [4.69, 9.17) is 9.47 Å². The topological polar surface area (TPSA) is 118 Å². The van der Waals surface area contributed by atoms with E-state index in [1.54, 1.807) is 60.7 Å². The Kier molecular flexibility index (Phi) is 9.96. The predicted octanol–water partition coefficient (Wildman–Crippen LogP) is 3.74. The number of ether oxygens (including phenoxy) is 2. The van der Waals surface area contributed by atoms with Crippen molar-refractivity contribution in [3.8, 4) is 11.5 Å². The van der Waals surface area contributed by atoms with Gasteiger partial charge in [0.1, 0.15) is 18.0 Å². The smallest absolute Gasteiger partial charge is 0.264 e. The zero-order valence-electron chi connectivity index (χ0n) is 23.2. The summed E-state index contributed by atoms with van der Waals surface area (Å²) >= 11 is 0. The summed E-state index contributed by atoms with van der Waals surface area (Å²) in [7, 11) is -2.57. The van der Waals surface area contributed by atoms with Gasteiger partial charge in [-0.15, -0.1) is 0 Å². The fourth-order valence-corrected chi connectivity index (χ4v) is 5.70. The highest BCUT2D eigenvalue weighted by molar-refractivity contribution is 7.92. The molecule has 0 saturated carbocycles. The van der Waals surface area contributed by atoms with Crippen LogP contribution in [0.3, 0.4) is 0 Å². The number of nitrogens with zero attached hydrogens (tertiary/aromatic N) is 3. The summed E-state index contributed by atoms with van der Waals surface area (Å²) in [5.74, 6) is 0.430. The van der Waals surface area contributed by atoms with Gasteiger partial charge in [-0.1, -0.05) is 17.7 Å². The van der Waals surface area contributed by atoms with E-state index in [9.17, 15) is 18.0 Å². The standard InChI is InChI=1S/C30H34N4O6S/c1-23-6-10-25(11-7-23)34(41(37,38)28-16-14-26(39-2)15-17-28)21-29(35)32-31-20-24-8-12-27(13-9-24)40-22-30(36)33-18-4-3-5-19-33/h6-17,20H,3-5,18-19,21-22H2,1-2H3,(H,32,35)/b31-20+. The van der Waals surface area contributed by atoms with Crippen LogP contribution in [0.15, 0.2) is 82.8 Å². The van der Waals surface area contributed by atoms with Gasteiger partial charge in [0.25, 0.3) is 21.8 Å². The minimum Gasteiger partial charge on any atom is -0.497 e. The van der Waals surface area contributed by atoms with Crippen molar-refractivity contribution in [2.45, 2.75) is 31.1 Å². The summed E-state index contributed by atoms with van der Waals surface area (Å²) < 4.78 is 38.8. The summed E-state index contributed by atoms with van der Waals surface area (Å²) in [5, 5.41) is 3.98. The third-order valence-corrected chi connectivity index (χ3v) is 8.40. The van der Waals surface area contributed by atoms with Crippen LogP contribution in [-0.4, -0.2) is 64.7 Å². The van der Waals surface area contributed by atoms with E-state index >= 15 is 0 Å². The third kappa shape index (κ3) is 8.07. The Hall–Kier alpha value is -4.38. The molecule has 0 radical (unpaired) electrons. The first-order chi connectivity index (χ1) is 19.8. The highest BCUT2D eigenvalue weighted by Crippen LogP contribution is 2.25. The van der Waals surface area contributed by atoms with Gasteiger partial charge in [0, 0.05) is 13.1 Å². The number of amides is 2. The molecule has 41 heavy (non-hydrogen) atoms. The van der Waals surface area contributed by atoms with Crippen LogP contribution in [0.1, 0.15) is 30.4 Å². The minimum atomic E-state index is -4.06. The molecule has 1 aliphatic heterocycles. The Morgan fingerprint density at radius 2 is 1.56 bits per heavy atom. The molecule has 3 aromatic rings. The summed E-state index contributed by atoms with van der Waals surface area (Å²) in [6, 6.07) is 19.7. The normalized spacial score (nSPS) is 13.6. The Bertz CT molecular complexity index is 1450. The van der Waals surface area contributed by atoms with Gasteiger partial charge < -0.3 is 14.4 Å². The van der Waals surface area contributed by atoms with E-state index in [2.05, 4.69) is 10.5 Å². The molecule has 1 N–H and O–H groups in total. The number of methoxy groups -OCH3 is 1. The van der Waals surface area contributed by atoms with Gasteiger partial charge in [-0.3, -0.25) is 13.9 Å². The van der Waals surface area contributed by atoms with Crippen LogP contribution in [0.5, 0.6) is 11.5 Å². The number of hydrogen-bond acceptors (Lipinski definition) is 7. The van der Waals surface area contributed by atoms with Gasteiger partial charge in [-0.25, -0.2) is 13.8 Å². The van der Waals surface area contributed by atoms with Gasteiger partial charge in [-0.05, 0) is 92.4 Å². The second-order valence-corrected chi connectivity index (χ2v) is 11.5. The number of nitrogens with one attached hydrogen (secondary N) is 1. The zero-order chi connectivity index (χ0) is 29.2. The predicted molar refractivity (Wildman–Crippen MR) is 157 cm³/mol. The Labute approximate surface area is 240 Å². The van der Waals surface area contributed by atoms with Crippen molar-refractivity contribution in [2.75, 3.05) is 37.7 Å². The van der Waals surface area contributed by atoms with Crippen molar-refractivity contribution >= 4 is 33.7 Å². The van der Waals surface area contributed by atoms with E-state index in [1.807, 2.05) is 11.8 Å². The molecule has 0 aromatic heterocycles. The molecule has 10 nitrogen and oxygen atoms in total. The molecule has 0 atom stereocenters. The lowest BCUT2D eigenvalue weighted by Gasteiger charge is -2.26. The van der Waals surface area contributed by atoms with E-state index < -0.39 is 22.5 Å². The number of carbonyl (C=O) groups excluding carboxylic acids is 2. The molecular formula is C30H34N4O6S. The number of benzene rings is 3. The molecule has 0 unspecified atom stereocenters. The summed E-state index contributed by atoms with van der Waals surface area (Å²) in [5.41, 5.74) is 4.38. The van der Waals surface area contributed by atoms with Crippen molar-refractivity contribution in [3.63, 3.8) is 0 Å². The number of likely N-dealkylation sites (tertiary alicyclic amines) is 1. The SMILES string of the molecule is COc1ccc(S(=O)(=O)N(CC(=O)N/N=C/c2ccc(OCC(=O)N3CCCCC3)cc2)c2ccc(C)cc2)cc1. The van der Waals surface area contributed by atoms with Gasteiger partial charge in [0.15, 0.2) is 6.61 Å². The van der Waals surface area contributed by atoms with Crippen LogP contribution < -0.4 is 19.2 Å². The van der Waals surface area contributed by atoms with E-state index in [0.717, 1.165) is 42.2 Å². The van der Waals surface area contributed by atoms with Crippen LogP contribution in [0.25, 0.3) is 0 Å². The van der Waals surface area contributed by atoms with Gasteiger partial charge >= 0.3 is 0 Å². The number of hydrazone groups is 1. The molecule has 3 aromatic carbocycles. The van der Waals surface area contributed by atoms with Crippen LogP contribution in [0.4, 0.5) is 5.69 Å².